The molecule has 3 heterocycles. The van der Waals surface area contributed by atoms with E-state index in [-0.39, 0.29) is 35.3 Å². The van der Waals surface area contributed by atoms with Crippen LogP contribution in [-0.4, -0.2) is 87.4 Å². The van der Waals surface area contributed by atoms with E-state index in [0.29, 0.717) is 25.6 Å². The van der Waals surface area contributed by atoms with E-state index in [2.05, 4.69) is 10.2 Å². The van der Waals surface area contributed by atoms with Crippen molar-refractivity contribution in [2.75, 3.05) is 38.5 Å². The van der Waals surface area contributed by atoms with E-state index >= 15 is 0 Å². The molecule has 1 N–H and O–H groups in total. The van der Waals surface area contributed by atoms with Crippen molar-refractivity contribution in [3.63, 3.8) is 0 Å². The monoisotopic (exact) mass is 414 g/mol. The maximum absolute atomic E-state index is 13.4. The molecule has 27 heavy (non-hydrogen) atoms. The van der Waals surface area contributed by atoms with Crippen LogP contribution in [0.25, 0.3) is 0 Å². The van der Waals surface area contributed by atoms with Gasteiger partial charge >= 0.3 is 0 Å². The van der Waals surface area contributed by atoms with Gasteiger partial charge in [-0.05, 0) is 45.4 Å². The zero-order chi connectivity index (χ0) is 19.2. The summed E-state index contributed by atoms with van der Waals surface area (Å²) in [7, 11) is 0. The lowest BCUT2D eigenvalue weighted by molar-refractivity contribution is -0.182. The zero-order valence-electron chi connectivity index (χ0n) is 16.3. The Kier molecular flexibility index (Phi) is 5.67. The molecule has 1 atom stereocenters. The van der Waals surface area contributed by atoms with Gasteiger partial charge in [0.05, 0.1) is 0 Å². The Morgan fingerprint density at radius 2 is 1.93 bits per heavy atom. The van der Waals surface area contributed by atoms with Crippen LogP contribution in [0.1, 0.15) is 39.5 Å². The van der Waals surface area contributed by atoms with Crippen LogP contribution in [0.2, 0.25) is 0 Å². The normalized spacial score (nSPS) is 34.6. The Balaban J connectivity index is 1.52. The molecule has 0 aromatic rings. The van der Waals surface area contributed by atoms with Crippen LogP contribution in [0, 0.1) is 5.92 Å². The lowest BCUT2D eigenvalue weighted by atomic mass is 9.81. The summed E-state index contributed by atoms with van der Waals surface area (Å²) in [5, 5.41) is 3.76. The fraction of sp³-hybridized carbons (Fsp3) is 0.895. The third kappa shape index (κ3) is 3.61. The van der Waals surface area contributed by atoms with Gasteiger partial charge in [0.15, 0.2) is 0 Å². The predicted octanol–water partition coefficient (Wildman–Crippen LogP) is 1.54. The Labute approximate surface area is 171 Å². The number of alkyl halides is 1. The lowest BCUT2D eigenvalue weighted by Crippen LogP contribution is -2.82. The van der Waals surface area contributed by atoms with Gasteiger partial charge in [-0.15, -0.1) is 23.4 Å². The van der Waals surface area contributed by atoms with E-state index in [1.807, 2.05) is 30.5 Å². The molecule has 6 nitrogen and oxygen atoms in total. The molecular formula is C19H31ClN4O2S. The van der Waals surface area contributed by atoms with E-state index in [4.69, 9.17) is 11.6 Å². The van der Waals surface area contributed by atoms with Crippen molar-refractivity contribution in [3.05, 3.63) is 0 Å². The van der Waals surface area contributed by atoms with Crippen LogP contribution in [0.3, 0.4) is 0 Å². The number of hydrogen-bond acceptors (Lipinski definition) is 5. The average molecular weight is 415 g/mol. The van der Waals surface area contributed by atoms with E-state index in [9.17, 15) is 9.59 Å². The molecule has 1 unspecified atom stereocenters. The molecule has 1 saturated carbocycles. The van der Waals surface area contributed by atoms with Gasteiger partial charge in [-0.2, -0.15) is 0 Å². The fourth-order valence-corrected chi connectivity index (χ4v) is 6.23. The number of amides is 2. The maximum atomic E-state index is 13.4. The number of likely N-dealkylation sites (tertiary alicyclic amines) is 1. The molecule has 0 aromatic heterocycles. The molecule has 4 aliphatic rings. The molecule has 1 spiro atoms. The second-order valence-corrected chi connectivity index (χ2v) is 10.6. The highest BCUT2D eigenvalue weighted by Gasteiger charge is 2.61. The number of rotatable bonds is 4. The van der Waals surface area contributed by atoms with Crippen molar-refractivity contribution in [2.45, 2.75) is 62.0 Å². The smallest absolute Gasteiger partial charge is 0.251 e. The highest BCUT2D eigenvalue weighted by molar-refractivity contribution is 8.00. The number of carbonyl (C=O) groups excluding carboxylic acids is 2. The molecule has 8 heteroatoms. The summed E-state index contributed by atoms with van der Waals surface area (Å²) >= 11 is 8.15. The van der Waals surface area contributed by atoms with Crippen LogP contribution >= 0.6 is 23.4 Å². The van der Waals surface area contributed by atoms with Gasteiger partial charge in [-0.3, -0.25) is 19.8 Å². The lowest BCUT2D eigenvalue weighted by Gasteiger charge is -2.60. The van der Waals surface area contributed by atoms with E-state index in [1.54, 1.807) is 4.90 Å². The number of hydrogen-bond donors (Lipinski definition) is 1. The van der Waals surface area contributed by atoms with Crippen molar-refractivity contribution in [3.8, 4) is 0 Å². The van der Waals surface area contributed by atoms with Crippen molar-refractivity contribution < 1.29 is 9.59 Å². The van der Waals surface area contributed by atoms with E-state index < -0.39 is 5.54 Å². The molecule has 2 amide bonds. The Morgan fingerprint density at radius 3 is 2.52 bits per heavy atom. The first-order chi connectivity index (χ1) is 12.9. The second-order valence-electron chi connectivity index (χ2n) is 8.76. The minimum Gasteiger partial charge on any atom is -0.329 e. The van der Waals surface area contributed by atoms with Gasteiger partial charge in [0, 0.05) is 43.4 Å². The van der Waals surface area contributed by atoms with Crippen molar-refractivity contribution >= 4 is 35.2 Å². The molecule has 3 saturated heterocycles. The first-order valence-corrected chi connectivity index (χ1v) is 11.7. The fourth-order valence-electron chi connectivity index (χ4n) is 4.92. The van der Waals surface area contributed by atoms with Gasteiger partial charge in [0.2, 0.25) is 5.91 Å². The highest BCUT2D eigenvalue weighted by Crippen LogP contribution is 2.39. The molecule has 0 radical (unpaired) electrons. The summed E-state index contributed by atoms with van der Waals surface area (Å²) in [6, 6.07) is 0.0557. The average Bonchev–Trinajstić information content (AvgIpc) is 3.12. The molecule has 0 aromatic carbocycles. The van der Waals surface area contributed by atoms with Crippen molar-refractivity contribution in [2.24, 2.45) is 5.92 Å². The topological polar surface area (TPSA) is 55.9 Å². The number of nitrogens with one attached hydrogen (secondary N) is 1. The predicted molar refractivity (Wildman–Crippen MR) is 109 cm³/mol. The maximum Gasteiger partial charge on any atom is 0.251 e. The zero-order valence-corrected chi connectivity index (χ0v) is 17.9. The summed E-state index contributed by atoms with van der Waals surface area (Å²) in [6.07, 6.45) is 4.14. The van der Waals surface area contributed by atoms with Gasteiger partial charge in [-0.1, -0.05) is 0 Å². The SMILES string of the molecule is CC(C)N1CC(=O)N(CC2CCC(Cl)CC2)C2(CN(C3NCCS3)C2)C1=O. The largest absolute Gasteiger partial charge is 0.329 e. The quantitative estimate of drug-likeness (QED) is 0.707. The molecule has 1 aliphatic carbocycles. The summed E-state index contributed by atoms with van der Waals surface area (Å²) in [5.74, 6) is 1.82. The molecule has 3 aliphatic heterocycles. The standard InChI is InChI=1S/C19H31ClN4O2S/c1-13(2)23-10-16(25)24(9-14-3-5-15(20)6-4-14)19(17(23)26)11-22(12-19)18-21-7-8-27-18/h13-15,18,21H,3-12H2,1-2H3. The highest BCUT2D eigenvalue weighted by atomic mass is 35.5. The summed E-state index contributed by atoms with van der Waals surface area (Å²) in [4.78, 5) is 32.6. The van der Waals surface area contributed by atoms with Crippen LogP contribution in [-0.2, 0) is 9.59 Å². The molecular weight excluding hydrogens is 384 g/mol. The van der Waals surface area contributed by atoms with E-state index in [1.165, 1.54) is 0 Å². The van der Waals surface area contributed by atoms with Gasteiger partial charge in [0.1, 0.15) is 17.6 Å². The van der Waals surface area contributed by atoms with Crippen molar-refractivity contribution in [1.82, 2.24) is 20.0 Å². The Hall–Kier alpha value is -0.500. The second kappa shape index (κ2) is 7.73. The van der Waals surface area contributed by atoms with Crippen LogP contribution in [0.15, 0.2) is 0 Å². The van der Waals surface area contributed by atoms with Gasteiger partial charge < -0.3 is 9.80 Å². The van der Waals surface area contributed by atoms with Crippen LogP contribution < -0.4 is 5.32 Å². The summed E-state index contributed by atoms with van der Waals surface area (Å²) in [5.41, 5.74) is -0.385. The molecule has 4 fully saturated rings. The third-order valence-electron chi connectivity index (χ3n) is 6.58. The van der Waals surface area contributed by atoms with Crippen molar-refractivity contribution in [1.29, 1.82) is 0 Å². The Morgan fingerprint density at radius 1 is 1.22 bits per heavy atom. The summed E-state index contributed by atoms with van der Waals surface area (Å²) in [6.45, 7) is 7.24. The minimum absolute atomic E-state index is 0.0557. The number of carbonyl (C=O) groups is 2. The molecule has 152 valence electrons. The summed E-state index contributed by atoms with van der Waals surface area (Å²) < 4.78 is 0. The Bertz CT molecular complexity index is 584. The number of piperazine rings is 1. The first-order valence-electron chi connectivity index (χ1n) is 10.3. The molecule has 0 bridgehead atoms. The molecule has 4 rings (SSSR count). The van der Waals surface area contributed by atoms with E-state index in [0.717, 1.165) is 38.0 Å². The van der Waals surface area contributed by atoms with Crippen LogP contribution in [0.4, 0.5) is 0 Å². The van der Waals surface area contributed by atoms with Gasteiger partial charge in [-0.25, -0.2) is 0 Å². The minimum atomic E-state index is -0.664. The first kappa shape index (κ1) is 19.8. The number of nitrogens with zero attached hydrogens (tertiary/aromatic N) is 3. The number of halogens is 1. The van der Waals surface area contributed by atoms with Crippen LogP contribution in [0.5, 0.6) is 0 Å². The van der Waals surface area contributed by atoms with Gasteiger partial charge in [0.25, 0.3) is 5.91 Å². The third-order valence-corrected chi connectivity index (χ3v) is 8.24. The number of thioether (sulfide) groups is 1.